The maximum absolute atomic E-state index is 12.6. The molecule has 0 fully saturated rings. The van der Waals surface area contributed by atoms with Crippen LogP contribution in [0.1, 0.15) is 55.3 Å². The van der Waals surface area contributed by atoms with Crippen LogP contribution in [0.25, 0.3) is 0 Å². The number of carbonyl (C=O) groups is 2. The van der Waals surface area contributed by atoms with Crippen molar-refractivity contribution in [3.8, 4) is 0 Å². The molecular weight excluding hydrogens is 438 g/mol. The van der Waals surface area contributed by atoms with Crippen LogP contribution in [-0.2, 0) is 27.6 Å². The molecule has 2 amide bonds. The second-order valence-corrected chi connectivity index (χ2v) is 10.3. The van der Waals surface area contributed by atoms with Crippen molar-refractivity contribution in [1.29, 1.82) is 0 Å². The number of nitrogens with one attached hydrogen (secondary N) is 3. The van der Waals surface area contributed by atoms with Crippen LogP contribution in [0, 0.1) is 6.92 Å². The molecule has 31 heavy (non-hydrogen) atoms. The molecule has 0 radical (unpaired) electrons. The van der Waals surface area contributed by atoms with Gasteiger partial charge in [-0.25, -0.2) is 13.1 Å². The fraction of sp³-hybridized carbons (Fsp3) is 0.429. The van der Waals surface area contributed by atoms with E-state index in [-0.39, 0.29) is 29.5 Å². The molecule has 1 aliphatic carbocycles. The summed E-state index contributed by atoms with van der Waals surface area (Å²) in [7, 11) is -2.30. The van der Waals surface area contributed by atoms with Crippen molar-refractivity contribution in [2.45, 2.75) is 43.9 Å². The molecule has 0 bridgehead atoms. The van der Waals surface area contributed by atoms with Gasteiger partial charge in [-0.3, -0.25) is 20.4 Å². The number of hydrogen-bond acceptors (Lipinski definition) is 6. The third-order valence-corrected chi connectivity index (χ3v) is 7.82. The molecule has 1 heterocycles. The summed E-state index contributed by atoms with van der Waals surface area (Å²) in [5.41, 5.74) is 6.80. The normalized spacial score (nSPS) is 13.9. The summed E-state index contributed by atoms with van der Waals surface area (Å²) in [4.78, 5) is 26.9. The summed E-state index contributed by atoms with van der Waals surface area (Å²) in [5, 5.41) is 0. The molecule has 8 nitrogen and oxygen atoms in total. The van der Waals surface area contributed by atoms with Gasteiger partial charge in [0.2, 0.25) is 10.0 Å². The maximum atomic E-state index is 12.6. The van der Waals surface area contributed by atoms with Gasteiger partial charge in [0.1, 0.15) is 0 Å². The predicted octanol–water partition coefficient (Wildman–Crippen LogP) is 2.32. The van der Waals surface area contributed by atoms with Crippen molar-refractivity contribution in [3.05, 3.63) is 50.7 Å². The van der Waals surface area contributed by atoms with Crippen LogP contribution in [0.15, 0.2) is 29.2 Å². The van der Waals surface area contributed by atoms with Gasteiger partial charge in [0.15, 0.2) is 0 Å². The van der Waals surface area contributed by atoms with Crippen LogP contribution < -0.4 is 15.6 Å². The van der Waals surface area contributed by atoms with E-state index in [9.17, 15) is 18.0 Å². The molecule has 0 aliphatic heterocycles. The molecule has 0 atom stereocenters. The lowest BCUT2D eigenvalue weighted by Crippen LogP contribution is -2.41. The lowest BCUT2D eigenvalue weighted by molar-refractivity contribution is 0.0848. The van der Waals surface area contributed by atoms with Crippen LogP contribution in [0.2, 0.25) is 0 Å². The van der Waals surface area contributed by atoms with Crippen LogP contribution >= 0.6 is 11.3 Å². The highest BCUT2D eigenvalue weighted by atomic mass is 32.2. The Bertz CT molecular complexity index is 1040. The third-order valence-electron chi connectivity index (χ3n) is 5.12. The Labute approximate surface area is 186 Å². The van der Waals surface area contributed by atoms with Gasteiger partial charge in [-0.1, -0.05) is 12.5 Å². The van der Waals surface area contributed by atoms with Gasteiger partial charge in [-0.15, -0.1) is 11.3 Å². The van der Waals surface area contributed by atoms with E-state index in [2.05, 4.69) is 15.6 Å². The average molecular weight is 466 g/mol. The van der Waals surface area contributed by atoms with E-state index in [4.69, 9.17) is 4.74 Å². The topological polar surface area (TPSA) is 114 Å². The third kappa shape index (κ3) is 5.91. The van der Waals surface area contributed by atoms with Gasteiger partial charge < -0.3 is 4.74 Å². The number of thiophene rings is 1. The van der Waals surface area contributed by atoms with E-state index in [1.165, 1.54) is 47.4 Å². The second kappa shape index (κ2) is 10.4. The number of benzene rings is 1. The fourth-order valence-electron chi connectivity index (χ4n) is 3.40. The van der Waals surface area contributed by atoms with E-state index in [1.807, 2.05) is 6.07 Å². The summed E-state index contributed by atoms with van der Waals surface area (Å²) in [6, 6.07) is 6.17. The average Bonchev–Trinajstić information content (AvgIpc) is 3.02. The lowest BCUT2D eigenvalue weighted by Gasteiger charge is -2.11. The molecule has 3 rings (SSSR count). The van der Waals surface area contributed by atoms with Gasteiger partial charge in [-0.05, 0) is 61.9 Å². The summed E-state index contributed by atoms with van der Waals surface area (Å²) in [5.74, 6) is -0.966. The van der Waals surface area contributed by atoms with Gasteiger partial charge in [-0.2, -0.15) is 0 Å². The summed E-state index contributed by atoms with van der Waals surface area (Å²) < 4.78 is 32.1. The van der Waals surface area contributed by atoms with Gasteiger partial charge in [0.05, 0.1) is 16.4 Å². The highest BCUT2D eigenvalue weighted by Crippen LogP contribution is 2.28. The zero-order valence-corrected chi connectivity index (χ0v) is 19.2. The van der Waals surface area contributed by atoms with Crippen molar-refractivity contribution >= 4 is 33.2 Å². The molecular formula is C21H27N3O5S2. The molecule has 0 saturated heterocycles. The van der Waals surface area contributed by atoms with Crippen molar-refractivity contribution in [1.82, 2.24) is 15.6 Å². The standard InChI is InChI=1S/C21H27N3O5S2/c1-14-8-9-16(31(27,28)22-10-11-29-2)13-17(14)20(25)23-24-21(26)19-12-15-6-4-3-5-7-18(15)30-19/h8-9,12-13,22H,3-7,10-11H2,1-2H3,(H,23,25)(H,24,26). The fourth-order valence-corrected chi connectivity index (χ4v) is 5.58. The Morgan fingerprint density at radius 3 is 2.58 bits per heavy atom. The molecule has 0 unspecified atom stereocenters. The number of rotatable bonds is 7. The summed E-state index contributed by atoms with van der Waals surface area (Å²) in [6.45, 7) is 2.05. The Balaban J connectivity index is 1.67. The molecule has 1 aromatic carbocycles. The Hall–Kier alpha value is -2.27. The second-order valence-electron chi connectivity index (χ2n) is 7.40. The SMILES string of the molecule is COCCNS(=O)(=O)c1ccc(C)c(C(=O)NNC(=O)c2cc3c(s2)CCCCC3)c1. The molecule has 10 heteroatoms. The Morgan fingerprint density at radius 2 is 1.81 bits per heavy atom. The number of aryl methyl sites for hydroxylation is 3. The molecule has 0 saturated carbocycles. The Kier molecular flexibility index (Phi) is 7.82. The van der Waals surface area contributed by atoms with Crippen LogP contribution in [-0.4, -0.2) is 40.5 Å². The Morgan fingerprint density at radius 1 is 1.06 bits per heavy atom. The van der Waals surface area contributed by atoms with E-state index < -0.39 is 15.9 Å². The smallest absolute Gasteiger partial charge is 0.279 e. The number of carbonyl (C=O) groups excluding carboxylic acids is 2. The first-order valence-corrected chi connectivity index (χ1v) is 12.4. The zero-order valence-electron chi connectivity index (χ0n) is 17.6. The first-order chi connectivity index (χ1) is 14.8. The van der Waals surface area contributed by atoms with Crippen LogP contribution in [0.4, 0.5) is 0 Å². The molecule has 3 N–H and O–H groups in total. The van der Waals surface area contributed by atoms with E-state index >= 15 is 0 Å². The number of hydrogen-bond donors (Lipinski definition) is 3. The lowest BCUT2D eigenvalue weighted by atomic mass is 10.1. The quantitative estimate of drug-likeness (QED) is 0.330. The number of sulfonamides is 1. The minimum Gasteiger partial charge on any atom is -0.383 e. The van der Waals surface area contributed by atoms with E-state index in [1.54, 1.807) is 13.0 Å². The predicted molar refractivity (Wildman–Crippen MR) is 119 cm³/mol. The molecule has 1 aliphatic rings. The number of methoxy groups -OCH3 is 1. The van der Waals surface area contributed by atoms with Gasteiger partial charge in [0.25, 0.3) is 11.8 Å². The maximum Gasteiger partial charge on any atom is 0.279 e. The summed E-state index contributed by atoms with van der Waals surface area (Å²) in [6.07, 6.45) is 5.42. The monoisotopic (exact) mass is 465 g/mol. The number of fused-ring (bicyclic) bond motifs is 1. The minimum absolute atomic E-state index is 0.0346. The first kappa shape index (κ1) is 23.4. The number of amides is 2. The zero-order chi connectivity index (χ0) is 22.4. The molecule has 168 valence electrons. The first-order valence-electron chi connectivity index (χ1n) is 10.1. The van der Waals surface area contributed by atoms with E-state index in [0.29, 0.717) is 10.4 Å². The van der Waals surface area contributed by atoms with E-state index in [0.717, 1.165) is 25.7 Å². The van der Waals surface area contributed by atoms with Crippen molar-refractivity contribution in [2.24, 2.45) is 0 Å². The molecule has 2 aromatic rings. The minimum atomic E-state index is -3.78. The largest absolute Gasteiger partial charge is 0.383 e. The van der Waals surface area contributed by atoms with Gasteiger partial charge in [0, 0.05) is 24.1 Å². The molecule has 1 aromatic heterocycles. The van der Waals surface area contributed by atoms with Crippen molar-refractivity contribution < 1.29 is 22.7 Å². The highest BCUT2D eigenvalue weighted by molar-refractivity contribution is 7.89. The van der Waals surface area contributed by atoms with Crippen LogP contribution in [0.5, 0.6) is 0 Å². The summed E-state index contributed by atoms with van der Waals surface area (Å²) >= 11 is 1.46. The van der Waals surface area contributed by atoms with Gasteiger partial charge >= 0.3 is 0 Å². The number of ether oxygens (including phenoxy) is 1. The van der Waals surface area contributed by atoms with Crippen molar-refractivity contribution in [3.63, 3.8) is 0 Å². The number of hydrazine groups is 1. The van der Waals surface area contributed by atoms with Crippen molar-refractivity contribution in [2.75, 3.05) is 20.3 Å². The van der Waals surface area contributed by atoms with Crippen LogP contribution in [0.3, 0.4) is 0 Å². The molecule has 0 spiro atoms. The highest BCUT2D eigenvalue weighted by Gasteiger charge is 2.20.